The van der Waals surface area contributed by atoms with Crippen molar-refractivity contribution in [2.75, 3.05) is 0 Å². The first kappa shape index (κ1) is 17.4. The number of hydrogen-bond donors (Lipinski definition) is 0. The number of esters is 1. The second-order valence-electron chi connectivity index (χ2n) is 5.99. The monoisotopic (exact) mass is 347 g/mol. The summed E-state index contributed by atoms with van der Waals surface area (Å²) in [5, 5.41) is 9.44. The molecule has 0 aliphatic carbocycles. The molecule has 0 fully saturated rings. The van der Waals surface area contributed by atoms with E-state index < -0.39 is 5.97 Å². The lowest BCUT2D eigenvalue weighted by atomic mass is 10.1. The summed E-state index contributed by atoms with van der Waals surface area (Å²) in [4.78, 5) is 29.4. The van der Waals surface area contributed by atoms with Crippen molar-refractivity contribution < 1.29 is 9.53 Å². The molecular weight excluding hydrogens is 330 g/mol. The molecule has 6 nitrogen and oxygen atoms in total. The number of hydrogen-bond acceptors (Lipinski definition) is 5. The van der Waals surface area contributed by atoms with Gasteiger partial charge in [-0.15, -0.1) is 0 Å². The highest BCUT2D eigenvalue weighted by Crippen LogP contribution is 2.14. The SMILES string of the molecule is Cc1ccc(C)c(C(=O)OCc2nc3ccccc3c(=O)n2CC#N)c1. The van der Waals surface area contributed by atoms with Crippen LogP contribution in [-0.4, -0.2) is 15.5 Å². The van der Waals surface area contributed by atoms with E-state index in [-0.39, 0.29) is 24.5 Å². The minimum Gasteiger partial charge on any atom is -0.454 e. The molecule has 0 bridgehead atoms. The molecule has 6 heteroatoms. The van der Waals surface area contributed by atoms with Gasteiger partial charge >= 0.3 is 5.97 Å². The summed E-state index contributed by atoms with van der Waals surface area (Å²) in [6, 6.07) is 14.4. The van der Waals surface area contributed by atoms with Crippen molar-refractivity contribution >= 4 is 16.9 Å². The Morgan fingerprint density at radius 3 is 2.77 bits per heavy atom. The van der Waals surface area contributed by atoms with Gasteiger partial charge in [0.2, 0.25) is 0 Å². The fourth-order valence-electron chi connectivity index (χ4n) is 2.72. The Kier molecular flexibility index (Phi) is 4.81. The number of rotatable bonds is 4. The van der Waals surface area contributed by atoms with E-state index in [1.165, 1.54) is 4.57 Å². The molecule has 130 valence electrons. The molecule has 0 amide bonds. The van der Waals surface area contributed by atoms with Crippen LogP contribution in [0.25, 0.3) is 10.9 Å². The molecule has 0 atom stereocenters. The fourth-order valence-corrected chi connectivity index (χ4v) is 2.72. The van der Waals surface area contributed by atoms with Crippen LogP contribution in [0.15, 0.2) is 47.3 Å². The molecule has 0 aliphatic heterocycles. The number of nitrogens with zero attached hydrogens (tertiary/aromatic N) is 3. The van der Waals surface area contributed by atoms with Gasteiger partial charge in [0.15, 0.2) is 5.82 Å². The molecule has 0 N–H and O–H groups in total. The molecule has 0 saturated carbocycles. The molecule has 3 aromatic rings. The van der Waals surface area contributed by atoms with E-state index in [4.69, 9.17) is 10.00 Å². The lowest BCUT2D eigenvalue weighted by Gasteiger charge is -2.12. The zero-order chi connectivity index (χ0) is 18.7. The van der Waals surface area contributed by atoms with Crippen LogP contribution < -0.4 is 5.56 Å². The first-order valence-corrected chi connectivity index (χ1v) is 8.11. The molecule has 2 aromatic carbocycles. The Balaban J connectivity index is 1.94. The van der Waals surface area contributed by atoms with Gasteiger partial charge in [-0.1, -0.05) is 29.8 Å². The van der Waals surface area contributed by atoms with Crippen LogP contribution in [0.3, 0.4) is 0 Å². The van der Waals surface area contributed by atoms with E-state index in [1.54, 1.807) is 30.3 Å². The highest BCUT2D eigenvalue weighted by molar-refractivity contribution is 5.91. The number of nitriles is 1. The molecule has 0 saturated heterocycles. The van der Waals surface area contributed by atoms with E-state index in [0.717, 1.165) is 11.1 Å². The van der Waals surface area contributed by atoms with E-state index in [1.807, 2.05) is 32.0 Å². The maximum atomic E-state index is 12.6. The average Bonchev–Trinajstić information content (AvgIpc) is 2.64. The van der Waals surface area contributed by atoms with Crippen molar-refractivity contribution in [3.63, 3.8) is 0 Å². The third-order valence-corrected chi connectivity index (χ3v) is 4.11. The van der Waals surface area contributed by atoms with Crippen LogP contribution >= 0.6 is 0 Å². The zero-order valence-electron chi connectivity index (χ0n) is 14.5. The zero-order valence-corrected chi connectivity index (χ0v) is 14.5. The summed E-state index contributed by atoms with van der Waals surface area (Å²) in [5.41, 5.74) is 2.41. The van der Waals surface area contributed by atoms with Gasteiger partial charge in [-0.25, -0.2) is 9.78 Å². The maximum absolute atomic E-state index is 12.6. The lowest BCUT2D eigenvalue weighted by molar-refractivity contribution is 0.0456. The Hall–Kier alpha value is -3.46. The quantitative estimate of drug-likeness (QED) is 0.678. The Labute approximate surface area is 150 Å². The van der Waals surface area contributed by atoms with Crippen LogP contribution in [-0.2, 0) is 17.9 Å². The van der Waals surface area contributed by atoms with Gasteiger partial charge in [0, 0.05) is 0 Å². The second-order valence-corrected chi connectivity index (χ2v) is 5.99. The van der Waals surface area contributed by atoms with E-state index in [2.05, 4.69) is 4.98 Å². The minimum absolute atomic E-state index is 0.160. The van der Waals surface area contributed by atoms with Gasteiger partial charge < -0.3 is 4.74 Å². The molecule has 1 heterocycles. The van der Waals surface area contributed by atoms with Crippen molar-refractivity contribution in [3.8, 4) is 6.07 Å². The molecule has 3 rings (SSSR count). The smallest absolute Gasteiger partial charge is 0.338 e. The van der Waals surface area contributed by atoms with Crippen molar-refractivity contribution in [2.45, 2.75) is 27.0 Å². The summed E-state index contributed by atoms with van der Waals surface area (Å²) >= 11 is 0. The van der Waals surface area contributed by atoms with Crippen molar-refractivity contribution in [1.82, 2.24) is 9.55 Å². The van der Waals surface area contributed by atoms with Gasteiger partial charge in [0.05, 0.1) is 22.5 Å². The molecule has 0 unspecified atom stereocenters. The van der Waals surface area contributed by atoms with Crippen LogP contribution in [0.5, 0.6) is 0 Å². The van der Waals surface area contributed by atoms with Gasteiger partial charge in [-0.05, 0) is 37.6 Å². The lowest BCUT2D eigenvalue weighted by Crippen LogP contribution is -2.26. The second kappa shape index (κ2) is 7.19. The third kappa shape index (κ3) is 3.33. The number of aryl methyl sites for hydroxylation is 2. The topological polar surface area (TPSA) is 85.0 Å². The Morgan fingerprint density at radius 1 is 1.23 bits per heavy atom. The normalized spacial score (nSPS) is 10.5. The summed E-state index contributed by atoms with van der Waals surface area (Å²) in [6.07, 6.45) is 0. The van der Waals surface area contributed by atoms with Crippen molar-refractivity contribution in [1.29, 1.82) is 5.26 Å². The molecule has 0 aliphatic rings. The molecular formula is C20H17N3O3. The highest BCUT2D eigenvalue weighted by atomic mass is 16.5. The van der Waals surface area contributed by atoms with Crippen LogP contribution in [0.2, 0.25) is 0 Å². The number of carbonyl (C=O) groups is 1. The standard InChI is InChI=1S/C20H17N3O3/c1-13-7-8-14(2)16(11-13)20(25)26-12-18-22-17-6-4-3-5-15(17)19(24)23(18)10-9-21/h3-8,11H,10,12H2,1-2H3. The van der Waals surface area contributed by atoms with Gasteiger partial charge in [-0.3, -0.25) is 9.36 Å². The first-order chi connectivity index (χ1) is 12.5. The third-order valence-electron chi connectivity index (χ3n) is 4.11. The minimum atomic E-state index is -0.489. The number of benzene rings is 2. The summed E-state index contributed by atoms with van der Waals surface area (Å²) in [5.74, 6) is -0.244. The molecule has 26 heavy (non-hydrogen) atoms. The predicted molar refractivity (Wildman–Crippen MR) is 96.7 cm³/mol. The number of aromatic nitrogens is 2. The van der Waals surface area contributed by atoms with E-state index >= 15 is 0 Å². The average molecular weight is 347 g/mol. The maximum Gasteiger partial charge on any atom is 0.338 e. The number of carbonyl (C=O) groups excluding carboxylic acids is 1. The van der Waals surface area contributed by atoms with Gasteiger partial charge in [-0.2, -0.15) is 5.26 Å². The van der Waals surface area contributed by atoms with Crippen molar-refractivity contribution in [3.05, 3.63) is 75.3 Å². The molecule has 0 spiro atoms. The van der Waals surface area contributed by atoms with Crippen LogP contribution in [0.4, 0.5) is 0 Å². The number of para-hydroxylation sites is 1. The van der Waals surface area contributed by atoms with Gasteiger partial charge in [0.25, 0.3) is 5.56 Å². The number of fused-ring (bicyclic) bond motifs is 1. The van der Waals surface area contributed by atoms with E-state index in [0.29, 0.717) is 16.5 Å². The summed E-state index contributed by atoms with van der Waals surface area (Å²) in [6.45, 7) is 3.38. The van der Waals surface area contributed by atoms with Crippen LogP contribution in [0, 0.1) is 25.2 Å². The number of ether oxygens (including phenoxy) is 1. The molecule has 0 radical (unpaired) electrons. The Morgan fingerprint density at radius 2 is 2.00 bits per heavy atom. The van der Waals surface area contributed by atoms with Crippen LogP contribution in [0.1, 0.15) is 27.3 Å². The largest absolute Gasteiger partial charge is 0.454 e. The summed E-state index contributed by atoms with van der Waals surface area (Å²) in [7, 11) is 0. The fraction of sp³-hybridized carbons (Fsp3) is 0.200. The molecule has 1 aromatic heterocycles. The van der Waals surface area contributed by atoms with E-state index in [9.17, 15) is 9.59 Å². The first-order valence-electron chi connectivity index (χ1n) is 8.11. The van der Waals surface area contributed by atoms with Crippen molar-refractivity contribution in [2.24, 2.45) is 0 Å². The Bertz CT molecular complexity index is 1090. The summed E-state index contributed by atoms with van der Waals surface area (Å²) < 4.78 is 6.61. The highest BCUT2D eigenvalue weighted by Gasteiger charge is 2.15. The predicted octanol–water partition coefficient (Wildman–Crippen LogP) is 2.89. The van der Waals surface area contributed by atoms with Gasteiger partial charge in [0.1, 0.15) is 13.2 Å².